The highest BCUT2D eigenvalue weighted by Gasteiger charge is 2.23. The fourth-order valence-corrected chi connectivity index (χ4v) is 6.64. The monoisotopic (exact) mass is 557 g/mol. The number of hydrogen-bond acceptors (Lipinski definition) is 6. The third kappa shape index (κ3) is 6.51. The predicted octanol–water partition coefficient (Wildman–Crippen LogP) is 8.24. The fraction of sp³-hybridized carbons (Fsp3) is 0.382. The molecule has 1 fully saturated rings. The van der Waals surface area contributed by atoms with Crippen molar-refractivity contribution in [2.24, 2.45) is 0 Å². The number of piperidine rings is 1. The highest BCUT2D eigenvalue weighted by molar-refractivity contribution is 7.22. The molecule has 4 aromatic rings. The van der Waals surface area contributed by atoms with Crippen LogP contribution in [-0.4, -0.2) is 50.6 Å². The van der Waals surface area contributed by atoms with Gasteiger partial charge >= 0.3 is 0 Å². The summed E-state index contributed by atoms with van der Waals surface area (Å²) in [5.74, 6) is 2.39. The Balaban J connectivity index is 1.31. The molecule has 0 N–H and O–H groups in total. The molecule has 5 nitrogen and oxygen atoms in total. The Morgan fingerprint density at radius 3 is 2.20 bits per heavy atom. The maximum atomic E-state index is 14.0. The number of likely N-dealkylation sites (tertiary alicyclic amines) is 1. The zero-order valence-electron chi connectivity index (χ0n) is 23.8. The number of ketones is 1. The van der Waals surface area contributed by atoms with Crippen LogP contribution < -0.4 is 14.2 Å². The number of thiophene rings is 1. The molecule has 210 valence electrons. The first kappa shape index (κ1) is 28.2. The Kier molecular flexibility index (Phi) is 9.40. The highest BCUT2D eigenvalue weighted by atomic mass is 32.1. The van der Waals surface area contributed by atoms with E-state index in [9.17, 15) is 4.79 Å². The average Bonchev–Trinajstić information content (AvgIpc) is 3.39. The van der Waals surface area contributed by atoms with Crippen LogP contribution in [0.3, 0.4) is 0 Å². The van der Waals surface area contributed by atoms with Crippen molar-refractivity contribution in [1.29, 1.82) is 0 Å². The quantitative estimate of drug-likeness (QED) is 0.130. The number of nitrogens with zero attached hydrogens (tertiary/aromatic N) is 1. The van der Waals surface area contributed by atoms with Crippen molar-refractivity contribution >= 4 is 27.2 Å². The summed E-state index contributed by atoms with van der Waals surface area (Å²) >= 11 is 1.61. The van der Waals surface area contributed by atoms with Crippen molar-refractivity contribution in [2.75, 3.05) is 33.9 Å². The number of ether oxygens (including phenoxy) is 3. The summed E-state index contributed by atoms with van der Waals surface area (Å²) in [5.41, 5.74) is 2.35. The average molecular weight is 558 g/mol. The van der Waals surface area contributed by atoms with E-state index in [4.69, 9.17) is 14.2 Å². The fourth-order valence-electron chi connectivity index (χ4n) is 5.41. The molecule has 0 saturated carbocycles. The lowest BCUT2D eigenvalue weighted by Gasteiger charge is -2.32. The number of methoxy groups -OCH3 is 2. The van der Waals surface area contributed by atoms with Crippen molar-refractivity contribution in [3.63, 3.8) is 0 Å². The normalized spacial score (nSPS) is 14.4. The Morgan fingerprint density at radius 1 is 0.850 bits per heavy atom. The third-order valence-corrected chi connectivity index (χ3v) is 8.96. The second-order valence-corrected chi connectivity index (χ2v) is 11.5. The number of hydrogen-bond donors (Lipinski definition) is 0. The minimum absolute atomic E-state index is 0.00478. The van der Waals surface area contributed by atoms with Gasteiger partial charge < -0.3 is 19.1 Å². The lowest BCUT2D eigenvalue weighted by Crippen LogP contribution is -2.38. The molecule has 0 bridgehead atoms. The van der Waals surface area contributed by atoms with Gasteiger partial charge in [0.25, 0.3) is 0 Å². The van der Waals surface area contributed by atoms with Crippen LogP contribution >= 0.6 is 11.3 Å². The molecule has 0 radical (unpaired) electrons. The van der Waals surface area contributed by atoms with Crippen LogP contribution in [0.5, 0.6) is 17.2 Å². The summed E-state index contributed by atoms with van der Waals surface area (Å²) in [6.07, 6.45) is 7.55. The zero-order chi connectivity index (χ0) is 27.9. The first-order valence-corrected chi connectivity index (χ1v) is 15.2. The molecule has 1 saturated heterocycles. The smallest absolute Gasteiger partial charge is 0.195 e. The number of fused-ring (bicyclic) bond motifs is 1. The van der Waals surface area contributed by atoms with E-state index in [-0.39, 0.29) is 11.9 Å². The summed E-state index contributed by atoms with van der Waals surface area (Å²) in [6.45, 7) is 5.65. The molecule has 1 aromatic heterocycles. The SMILES string of the molecule is CCCCCCN1CCC(Oc2ccc(C(=O)c3c(-c4ccc(OC)cc4)sc4cc(OC)ccc34)cc2)CC1. The van der Waals surface area contributed by atoms with Crippen LogP contribution in [0.2, 0.25) is 0 Å². The number of unbranched alkanes of at least 4 members (excludes halogenated alkanes) is 3. The number of benzene rings is 3. The van der Waals surface area contributed by atoms with Gasteiger partial charge in [0, 0.05) is 39.2 Å². The van der Waals surface area contributed by atoms with Crippen LogP contribution in [0.4, 0.5) is 0 Å². The molecule has 0 aliphatic carbocycles. The van der Waals surface area contributed by atoms with Crippen molar-refractivity contribution in [3.8, 4) is 27.7 Å². The van der Waals surface area contributed by atoms with E-state index in [2.05, 4.69) is 11.8 Å². The molecule has 6 heteroatoms. The second kappa shape index (κ2) is 13.3. The van der Waals surface area contributed by atoms with Gasteiger partial charge in [-0.3, -0.25) is 4.79 Å². The van der Waals surface area contributed by atoms with Crippen molar-refractivity contribution < 1.29 is 19.0 Å². The molecule has 0 atom stereocenters. The van der Waals surface area contributed by atoms with Gasteiger partial charge in [-0.25, -0.2) is 0 Å². The van der Waals surface area contributed by atoms with Gasteiger partial charge in [-0.05, 0) is 98.1 Å². The lowest BCUT2D eigenvalue weighted by molar-refractivity contribution is 0.0994. The molecule has 1 aliphatic heterocycles. The van der Waals surface area contributed by atoms with Crippen LogP contribution in [0, 0.1) is 0 Å². The Hall–Kier alpha value is -3.35. The second-order valence-electron chi connectivity index (χ2n) is 10.5. The Morgan fingerprint density at radius 2 is 1.52 bits per heavy atom. The molecule has 3 aromatic carbocycles. The molecule has 5 rings (SSSR count). The Bertz CT molecular complexity index is 1400. The Labute approximate surface area is 241 Å². The van der Waals surface area contributed by atoms with E-state index in [0.29, 0.717) is 11.1 Å². The molecule has 0 spiro atoms. The largest absolute Gasteiger partial charge is 0.497 e. The van der Waals surface area contributed by atoms with E-state index in [1.807, 2.05) is 66.7 Å². The van der Waals surface area contributed by atoms with Gasteiger partial charge in [-0.15, -0.1) is 11.3 Å². The highest BCUT2D eigenvalue weighted by Crippen LogP contribution is 2.41. The summed E-state index contributed by atoms with van der Waals surface area (Å²) < 4.78 is 18.1. The van der Waals surface area contributed by atoms with E-state index >= 15 is 0 Å². The van der Waals surface area contributed by atoms with Crippen molar-refractivity contribution in [2.45, 2.75) is 51.6 Å². The number of rotatable bonds is 12. The van der Waals surface area contributed by atoms with Crippen LogP contribution in [0.1, 0.15) is 61.4 Å². The van der Waals surface area contributed by atoms with Gasteiger partial charge in [-0.2, -0.15) is 0 Å². The molecule has 0 unspecified atom stereocenters. The van der Waals surface area contributed by atoms with Crippen LogP contribution in [0.15, 0.2) is 66.7 Å². The van der Waals surface area contributed by atoms with E-state index in [1.165, 1.54) is 32.2 Å². The van der Waals surface area contributed by atoms with Gasteiger partial charge in [-0.1, -0.05) is 26.2 Å². The van der Waals surface area contributed by atoms with Crippen molar-refractivity contribution in [3.05, 3.63) is 77.9 Å². The first-order valence-electron chi connectivity index (χ1n) is 14.4. The molecule has 40 heavy (non-hydrogen) atoms. The molecular formula is C34H39NO4S. The molecular weight excluding hydrogens is 518 g/mol. The van der Waals surface area contributed by atoms with Crippen molar-refractivity contribution in [1.82, 2.24) is 4.90 Å². The molecule has 0 amide bonds. The van der Waals surface area contributed by atoms with Gasteiger partial charge in [0.2, 0.25) is 0 Å². The maximum absolute atomic E-state index is 14.0. The van der Waals surface area contributed by atoms with Crippen LogP contribution in [0.25, 0.3) is 20.5 Å². The van der Waals surface area contributed by atoms with Gasteiger partial charge in [0.15, 0.2) is 5.78 Å². The number of carbonyl (C=O) groups is 1. The van der Waals surface area contributed by atoms with E-state index in [1.54, 1.807) is 25.6 Å². The van der Waals surface area contributed by atoms with E-state index in [0.717, 1.165) is 63.7 Å². The zero-order valence-corrected chi connectivity index (χ0v) is 24.6. The lowest BCUT2D eigenvalue weighted by atomic mass is 9.97. The number of carbonyl (C=O) groups excluding carboxylic acids is 1. The van der Waals surface area contributed by atoms with E-state index < -0.39 is 0 Å². The minimum atomic E-state index is 0.00478. The molecule has 2 heterocycles. The predicted molar refractivity (Wildman–Crippen MR) is 164 cm³/mol. The van der Waals surface area contributed by atoms with Gasteiger partial charge in [0.05, 0.1) is 14.2 Å². The molecule has 1 aliphatic rings. The summed E-state index contributed by atoms with van der Waals surface area (Å²) in [6, 6.07) is 21.4. The minimum Gasteiger partial charge on any atom is -0.497 e. The summed E-state index contributed by atoms with van der Waals surface area (Å²) in [7, 11) is 3.31. The van der Waals surface area contributed by atoms with Crippen LogP contribution in [-0.2, 0) is 0 Å². The standard InChI is InChI=1S/C34H39NO4S/c1-4-5-6-7-20-35-21-18-28(19-22-35)39-27-14-8-24(9-15-27)33(36)32-30-17-16-29(38-3)23-31(30)40-34(32)25-10-12-26(37-2)13-11-25/h8-17,23,28H,4-7,18-22H2,1-3H3. The third-order valence-electron chi connectivity index (χ3n) is 7.76. The first-order chi connectivity index (χ1) is 19.6. The summed E-state index contributed by atoms with van der Waals surface area (Å²) in [4.78, 5) is 17.5. The van der Waals surface area contributed by atoms with Gasteiger partial charge in [0.1, 0.15) is 23.4 Å². The maximum Gasteiger partial charge on any atom is 0.195 e. The summed E-state index contributed by atoms with van der Waals surface area (Å²) in [5, 5.41) is 0.934. The topological polar surface area (TPSA) is 48.0 Å².